The Bertz CT molecular complexity index is 691. The van der Waals surface area contributed by atoms with E-state index in [1.807, 2.05) is 32.0 Å². The lowest BCUT2D eigenvalue weighted by Gasteiger charge is -2.20. The molecule has 0 heterocycles. The molecule has 0 aliphatic carbocycles. The van der Waals surface area contributed by atoms with Crippen LogP contribution in [0.15, 0.2) is 30.3 Å². The van der Waals surface area contributed by atoms with Gasteiger partial charge in [-0.15, -0.1) is 0 Å². The number of hydrogen-bond donors (Lipinski definition) is 3. The summed E-state index contributed by atoms with van der Waals surface area (Å²) in [5.74, 6) is -1.64. The van der Waals surface area contributed by atoms with Crippen LogP contribution in [0.2, 0.25) is 0 Å². The van der Waals surface area contributed by atoms with E-state index in [1.165, 1.54) is 0 Å². The predicted octanol–water partition coefficient (Wildman–Crippen LogP) is 1.96. The summed E-state index contributed by atoms with van der Waals surface area (Å²) in [5.41, 5.74) is 0.804. The first-order chi connectivity index (χ1) is 13.7. The Hall–Kier alpha value is -3.10. The Balaban J connectivity index is 2.43. The third-order valence-corrected chi connectivity index (χ3v) is 3.68. The predicted molar refractivity (Wildman–Crippen MR) is 106 cm³/mol. The Morgan fingerprint density at radius 3 is 2.21 bits per heavy atom. The van der Waals surface area contributed by atoms with Gasteiger partial charge in [-0.2, -0.15) is 0 Å². The molecule has 9 heteroatoms. The molecule has 0 aromatic heterocycles. The number of hydrogen-bond acceptors (Lipinski definition) is 6. The van der Waals surface area contributed by atoms with Crippen LogP contribution in [0.5, 0.6) is 0 Å². The largest absolute Gasteiger partial charge is 0.454 e. The highest BCUT2D eigenvalue weighted by molar-refractivity contribution is 5.95. The van der Waals surface area contributed by atoms with Crippen LogP contribution >= 0.6 is 0 Å². The van der Waals surface area contributed by atoms with Crippen molar-refractivity contribution in [2.75, 3.05) is 13.2 Å². The van der Waals surface area contributed by atoms with E-state index in [2.05, 4.69) is 16.0 Å². The molecular weight excluding hydrogens is 378 g/mol. The number of amides is 4. The zero-order valence-electron chi connectivity index (χ0n) is 17.2. The van der Waals surface area contributed by atoms with Gasteiger partial charge in [0.1, 0.15) is 12.6 Å². The zero-order valence-corrected chi connectivity index (χ0v) is 17.2. The lowest BCUT2D eigenvalue weighted by molar-refractivity contribution is -0.151. The Morgan fingerprint density at radius 2 is 1.62 bits per heavy atom. The van der Waals surface area contributed by atoms with E-state index in [-0.39, 0.29) is 18.4 Å². The van der Waals surface area contributed by atoms with Gasteiger partial charge in [-0.3, -0.25) is 10.1 Å². The molecule has 0 aliphatic rings. The Labute approximate surface area is 170 Å². The highest BCUT2D eigenvalue weighted by atomic mass is 16.6. The molecule has 0 saturated carbocycles. The molecule has 160 valence electrons. The maximum absolute atomic E-state index is 12.2. The molecule has 0 fully saturated rings. The number of imide groups is 1. The molecular formula is C20H29N3O6. The van der Waals surface area contributed by atoms with Crippen molar-refractivity contribution in [2.45, 2.75) is 40.3 Å². The summed E-state index contributed by atoms with van der Waals surface area (Å²) in [4.78, 5) is 47.4. The average molecular weight is 407 g/mol. The fourth-order valence-corrected chi connectivity index (χ4v) is 2.12. The summed E-state index contributed by atoms with van der Waals surface area (Å²) in [6.45, 7) is 7.06. The highest BCUT2D eigenvalue weighted by Gasteiger charge is 2.27. The maximum atomic E-state index is 12.2. The minimum absolute atomic E-state index is 0.0560. The minimum Gasteiger partial charge on any atom is -0.454 e. The van der Waals surface area contributed by atoms with Crippen LogP contribution in [0.4, 0.5) is 9.59 Å². The summed E-state index contributed by atoms with van der Waals surface area (Å²) in [7, 11) is 0. The summed E-state index contributed by atoms with van der Waals surface area (Å²) in [5, 5.41) is 7.01. The van der Waals surface area contributed by atoms with Crippen molar-refractivity contribution >= 4 is 24.0 Å². The van der Waals surface area contributed by atoms with Gasteiger partial charge in [-0.05, 0) is 17.4 Å². The molecule has 0 saturated heterocycles. The van der Waals surface area contributed by atoms with Crippen molar-refractivity contribution in [2.24, 2.45) is 11.8 Å². The molecule has 0 radical (unpaired) electrons. The number of carbonyl (C=O) groups is 4. The molecule has 1 atom stereocenters. The van der Waals surface area contributed by atoms with Gasteiger partial charge in [-0.25, -0.2) is 14.4 Å². The van der Waals surface area contributed by atoms with Crippen LogP contribution in [0, 0.1) is 11.8 Å². The van der Waals surface area contributed by atoms with Crippen molar-refractivity contribution in [3.63, 3.8) is 0 Å². The normalized spacial score (nSPS) is 11.5. The number of carbonyl (C=O) groups excluding carboxylic acids is 4. The highest BCUT2D eigenvalue weighted by Crippen LogP contribution is 2.06. The molecule has 1 aromatic carbocycles. The Kier molecular flexibility index (Phi) is 10.2. The van der Waals surface area contributed by atoms with Crippen LogP contribution in [-0.2, 0) is 25.7 Å². The van der Waals surface area contributed by atoms with Crippen molar-refractivity contribution in [1.29, 1.82) is 0 Å². The zero-order chi connectivity index (χ0) is 21.8. The van der Waals surface area contributed by atoms with E-state index in [0.29, 0.717) is 6.54 Å². The summed E-state index contributed by atoms with van der Waals surface area (Å²) in [6.07, 6.45) is -0.776. The second-order valence-corrected chi connectivity index (χ2v) is 7.19. The first-order valence-corrected chi connectivity index (χ1v) is 9.40. The van der Waals surface area contributed by atoms with E-state index in [9.17, 15) is 19.2 Å². The van der Waals surface area contributed by atoms with E-state index in [1.54, 1.807) is 26.0 Å². The van der Waals surface area contributed by atoms with Crippen LogP contribution in [0.25, 0.3) is 0 Å². The summed E-state index contributed by atoms with van der Waals surface area (Å²) in [6, 6.07) is 7.43. The fraction of sp³-hybridized carbons (Fsp3) is 0.500. The van der Waals surface area contributed by atoms with Gasteiger partial charge in [0.2, 0.25) is 0 Å². The van der Waals surface area contributed by atoms with Crippen molar-refractivity contribution in [3.05, 3.63) is 35.9 Å². The van der Waals surface area contributed by atoms with Crippen LogP contribution < -0.4 is 16.0 Å². The van der Waals surface area contributed by atoms with Crippen molar-refractivity contribution in [3.8, 4) is 0 Å². The van der Waals surface area contributed by atoms with E-state index < -0.39 is 36.6 Å². The van der Waals surface area contributed by atoms with Crippen molar-refractivity contribution in [1.82, 2.24) is 16.0 Å². The summed E-state index contributed by atoms with van der Waals surface area (Å²) >= 11 is 0. The second-order valence-electron chi connectivity index (χ2n) is 7.19. The number of rotatable bonds is 9. The lowest BCUT2D eigenvalue weighted by Crippen LogP contribution is -2.47. The maximum Gasteiger partial charge on any atom is 0.408 e. The van der Waals surface area contributed by atoms with Crippen LogP contribution in [0.3, 0.4) is 0 Å². The third-order valence-electron chi connectivity index (χ3n) is 3.68. The molecule has 3 N–H and O–H groups in total. The number of ether oxygens (including phenoxy) is 2. The van der Waals surface area contributed by atoms with E-state index >= 15 is 0 Å². The number of benzene rings is 1. The molecule has 0 bridgehead atoms. The smallest absolute Gasteiger partial charge is 0.408 e. The Morgan fingerprint density at radius 1 is 0.966 bits per heavy atom. The van der Waals surface area contributed by atoms with E-state index in [0.717, 1.165) is 5.56 Å². The molecule has 1 aromatic rings. The average Bonchev–Trinajstić information content (AvgIpc) is 2.67. The summed E-state index contributed by atoms with van der Waals surface area (Å²) < 4.78 is 10.0. The molecule has 1 rings (SSSR count). The first-order valence-electron chi connectivity index (χ1n) is 9.40. The van der Waals surface area contributed by atoms with Crippen LogP contribution in [-0.4, -0.2) is 43.2 Å². The monoisotopic (exact) mass is 407 g/mol. The molecule has 9 nitrogen and oxygen atoms in total. The molecule has 4 amide bonds. The van der Waals surface area contributed by atoms with Gasteiger partial charge < -0.3 is 20.1 Å². The minimum atomic E-state index is -0.999. The van der Waals surface area contributed by atoms with Gasteiger partial charge in [0, 0.05) is 6.54 Å². The number of esters is 1. The van der Waals surface area contributed by atoms with Gasteiger partial charge in [0.25, 0.3) is 5.91 Å². The van der Waals surface area contributed by atoms with Crippen LogP contribution in [0.1, 0.15) is 33.3 Å². The molecule has 0 spiro atoms. The van der Waals surface area contributed by atoms with E-state index in [4.69, 9.17) is 9.47 Å². The lowest BCUT2D eigenvalue weighted by atomic mass is 10.1. The quantitative estimate of drug-likeness (QED) is 0.538. The van der Waals surface area contributed by atoms with Gasteiger partial charge >= 0.3 is 18.1 Å². The second kappa shape index (κ2) is 12.4. The van der Waals surface area contributed by atoms with Crippen molar-refractivity contribution < 1.29 is 28.7 Å². The fourth-order valence-electron chi connectivity index (χ4n) is 2.12. The molecule has 0 aliphatic heterocycles. The van der Waals surface area contributed by atoms with Gasteiger partial charge in [0.05, 0.1) is 0 Å². The van der Waals surface area contributed by atoms with Gasteiger partial charge in [0.15, 0.2) is 6.61 Å². The molecule has 29 heavy (non-hydrogen) atoms. The number of nitrogens with one attached hydrogen (secondary N) is 3. The SMILES string of the molecule is CC(C)CNC(=O)NC(=O)COC(=O)[C@@H](NC(=O)OCc1ccccc1)C(C)C. The third kappa shape index (κ3) is 10.1. The number of urea groups is 1. The number of alkyl carbamates (subject to hydrolysis) is 1. The standard InChI is InChI=1S/C20H29N3O6/c1-13(2)10-21-19(26)22-16(24)12-28-18(25)17(14(3)4)23-20(27)29-11-15-8-6-5-7-9-15/h5-9,13-14,17H,10-12H2,1-4H3,(H,23,27)(H2,21,22,24,26)/t17-/m0/s1. The molecule has 0 unspecified atom stereocenters. The first kappa shape index (κ1) is 23.9. The van der Waals surface area contributed by atoms with Gasteiger partial charge in [-0.1, -0.05) is 58.0 Å². The topological polar surface area (TPSA) is 123 Å².